The molecule has 1 aromatic carbocycles. The Bertz CT molecular complexity index is 491. The van der Waals surface area contributed by atoms with Crippen molar-refractivity contribution in [3.63, 3.8) is 0 Å². The lowest BCUT2D eigenvalue weighted by Gasteiger charge is -2.07. The molecule has 0 unspecified atom stereocenters. The van der Waals surface area contributed by atoms with Crippen molar-refractivity contribution in [1.29, 1.82) is 0 Å². The van der Waals surface area contributed by atoms with E-state index in [1.54, 1.807) is 24.3 Å². The molecule has 0 radical (unpaired) electrons. The van der Waals surface area contributed by atoms with Gasteiger partial charge in [-0.05, 0) is 18.2 Å². The summed E-state index contributed by atoms with van der Waals surface area (Å²) in [4.78, 5) is 33.7. The molecular formula is C12H14ClN3O3. The van der Waals surface area contributed by atoms with Crippen LogP contribution in [-0.2, 0) is 14.4 Å². The molecule has 19 heavy (non-hydrogen) atoms. The minimum absolute atomic E-state index is 0.219. The van der Waals surface area contributed by atoms with E-state index in [1.807, 2.05) is 0 Å². The van der Waals surface area contributed by atoms with Crippen molar-refractivity contribution < 1.29 is 14.4 Å². The third-order valence-corrected chi connectivity index (χ3v) is 2.22. The molecule has 1 aromatic rings. The number of nitrogens with one attached hydrogen (secondary N) is 3. The number of hydrogen-bond acceptors (Lipinski definition) is 3. The molecule has 0 atom stereocenters. The van der Waals surface area contributed by atoms with E-state index in [0.717, 1.165) is 0 Å². The molecule has 3 amide bonds. The molecule has 0 saturated heterocycles. The Hall–Kier alpha value is -2.08. The number of anilines is 2. The Morgan fingerprint density at radius 3 is 2.32 bits per heavy atom. The van der Waals surface area contributed by atoms with Crippen LogP contribution in [0.5, 0.6) is 0 Å². The van der Waals surface area contributed by atoms with Gasteiger partial charge >= 0.3 is 11.8 Å². The Morgan fingerprint density at radius 2 is 1.74 bits per heavy atom. The summed E-state index contributed by atoms with van der Waals surface area (Å²) >= 11 is 5.39. The number of benzene rings is 1. The van der Waals surface area contributed by atoms with Gasteiger partial charge in [0.15, 0.2) is 0 Å². The van der Waals surface area contributed by atoms with E-state index in [4.69, 9.17) is 11.6 Å². The van der Waals surface area contributed by atoms with E-state index in [-0.39, 0.29) is 18.3 Å². The highest BCUT2D eigenvalue weighted by molar-refractivity contribution is 6.39. The van der Waals surface area contributed by atoms with Crippen LogP contribution in [0.25, 0.3) is 0 Å². The van der Waals surface area contributed by atoms with Gasteiger partial charge < -0.3 is 16.0 Å². The molecule has 0 aromatic heterocycles. The molecule has 7 heteroatoms. The van der Waals surface area contributed by atoms with Crippen LogP contribution in [0, 0.1) is 0 Å². The maximum atomic E-state index is 11.5. The summed E-state index contributed by atoms with van der Waals surface area (Å²) in [6.07, 6.45) is 0. The lowest BCUT2D eigenvalue weighted by molar-refractivity contribution is -0.136. The highest BCUT2D eigenvalue weighted by atomic mass is 35.5. The second kappa shape index (κ2) is 7.38. The number of alkyl halides is 1. The zero-order chi connectivity index (χ0) is 14.3. The highest BCUT2D eigenvalue weighted by Crippen LogP contribution is 2.14. The average Bonchev–Trinajstić information content (AvgIpc) is 2.35. The maximum Gasteiger partial charge on any atom is 0.313 e. The fourth-order valence-electron chi connectivity index (χ4n) is 1.31. The minimum Gasteiger partial charge on any atom is -0.347 e. The molecule has 0 bridgehead atoms. The Balaban J connectivity index is 2.63. The van der Waals surface area contributed by atoms with Crippen molar-refractivity contribution in [2.75, 3.05) is 23.1 Å². The normalized spacial score (nSPS) is 9.58. The van der Waals surface area contributed by atoms with Gasteiger partial charge in [0.1, 0.15) is 0 Å². The van der Waals surface area contributed by atoms with Gasteiger partial charge in [0.05, 0.1) is 0 Å². The molecule has 0 aliphatic heterocycles. The second-order valence-corrected chi connectivity index (χ2v) is 4.04. The van der Waals surface area contributed by atoms with Gasteiger partial charge in [-0.1, -0.05) is 6.07 Å². The van der Waals surface area contributed by atoms with Gasteiger partial charge in [0.25, 0.3) is 0 Å². The van der Waals surface area contributed by atoms with Crippen molar-refractivity contribution in [3.05, 3.63) is 24.3 Å². The lowest BCUT2D eigenvalue weighted by atomic mass is 10.2. The minimum atomic E-state index is -0.787. The highest BCUT2D eigenvalue weighted by Gasteiger charge is 2.12. The number of carbonyl (C=O) groups excluding carboxylic acids is 3. The maximum absolute atomic E-state index is 11.5. The summed E-state index contributed by atoms with van der Waals surface area (Å²) < 4.78 is 0. The van der Waals surface area contributed by atoms with Gasteiger partial charge in [-0.15, -0.1) is 11.6 Å². The molecule has 0 fully saturated rings. The summed E-state index contributed by atoms with van der Waals surface area (Å²) in [7, 11) is 0. The topological polar surface area (TPSA) is 87.3 Å². The third kappa shape index (κ3) is 5.39. The van der Waals surface area contributed by atoms with Gasteiger partial charge in [0, 0.05) is 30.7 Å². The molecule has 0 aliphatic rings. The second-order valence-electron chi connectivity index (χ2n) is 3.66. The molecule has 3 N–H and O–H groups in total. The van der Waals surface area contributed by atoms with Gasteiger partial charge in [-0.2, -0.15) is 0 Å². The Kier molecular flexibility index (Phi) is 5.81. The van der Waals surface area contributed by atoms with Crippen LogP contribution in [0.15, 0.2) is 24.3 Å². The van der Waals surface area contributed by atoms with Crippen LogP contribution in [-0.4, -0.2) is 30.1 Å². The van der Waals surface area contributed by atoms with Crippen LogP contribution in [0.4, 0.5) is 11.4 Å². The zero-order valence-corrected chi connectivity index (χ0v) is 11.1. The summed E-state index contributed by atoms with van der Waals surface area (Å²) in [6, 6.07) is 6.48. The fraction of sp³-hybridized carbons (Fsp3) is 0.250. The van der Waals surface area contributed by atoms with Crippen molar-refractivity contribution in [3.8, 4) is 0 Å². The summed E-state index contributed by atoms with van der Waals surface area (Å²) in [6.45, 7) is 1.60. The molecular weight excluding hydrogens is 270 g/mol. The van der Waals surface area contributed by atoms with E-state index >= 15 is 0 Å². The van der Waals surface area contributed by atoms with E-state index < -0.39 is 11.8 Å². The monoisotopic (exact) mass is 283 g/mol. The van der Waals surface area contributed by atoms with Crippen LogP contribution >= 0.6 is 11.6 Å². The number of amides is 3. The molecule has 102 valence electrons. The molecule has 0 saturated carbocycles. The number of halogens is 1. The first kappa shape index (κ1) is 15.0. The predicted molar refractivity (Wildman–Crippen MR) is 73.1 cm³/mol. The molecule has 0 heterocycles. The van der Waals surface area contributed by atoms with E-state index in [2.05, 4.69) is 16.0 Å². The number of rotatable bonds is 4. The van der Waals surface area contributed by atoms with E-state index in [1.165, 1.54) is 6.92 Å². The summed E-state index contributed by atoms with van der Waals surface area (Å²) in [5.41, 5.74) is 0.948. The average molecular weight is 284 g/mol. The van der Waals surface area contributed by atoms with Crippen molar-refractivity contribution in [2.45, 2.75) is 6.92 Å². The van der Waals surface area contributed by atoms with E-state index in [9.17, 15) is 14.4 Å². The van der Waals surface area contributed by atoms with E-state index in [0.29, 0.717) is 11.4 Å². The van der Waals surface area contributed by atoms with Gasteiger partial charge in [-0.3, -0.25) is 14.4 Å². The van der Waals surface area contributed by atoms with Crippen LogP contribution in [0.3, 0.4) is 0 Å². The van der Waals surface area contributed by atoms with Crippen LogP contribution in [0.1, 0.15) is 6.92 Å². The fourth-order valence-corrected chi connectivity index (χ4v) is 1.40. The summed E-state index contributed by atoms with van der Waals surface area (Å²) in [5.74, 6) is -1.53. The largest absolute Gasteiger partial charge is 0.347 e. The third-order valence-electron chi connectivity index (χ3n) is 2.03. The first-order valence-electron chi connectivity index (χ1n) is 5.55. The van der Waals surface area contributed by atoms with Crippen molar-refractivity contribution in [1.82, 2.24) is 5.32 Å². The smallest absolute Gasteiger partial charge is 0.313 e. The number of carbonyl (C=O) groups is 3. The Labute approximate surface area is 115 Å². The van der Waals surface area contributed by atoms with Gasteiger partial charge in [0.2, 0.25) is 5.91 Å². The van der Waals surface area contributed by atoms with Crippen molar-refractivity contribution >= 4 is 40.7 Å². The van der Waals surface area contributed by atoms with Crippen LogP contribution < -0.4 is 16.0 Å². The number of hydrogen-bond donors (Lipinski definition) is 3. The summed E-state index contributed by atoms with van der Waals surface area (Å²) in [5, 5.41) is 7.34. The van der Waals surface area contributed by atoms with Crippen molar-refractivity contribution in [2.24, 2.45) is 0 Å². The molecule has 6 nitrogen and oxygen atoms in total. The Morgan fingerprint density at radius 1 is 1.11 bits per heavy atom. The quantitative estimate of drug-likeness (QED) is 0.568. The molecule has 0 spiro atoms. The predicted octanol–water partition coefficient (Wildman–Crippen LogP) is 0.938. The molecule has 0 aliphatic carbocycles. The van der Waals surface area contributed by atoms with Crippen LogP contribution in [0.2, 0.25) is 0 Å². The first-order chi connectivity index (χ1) is 9.02. The lowest BCUT2D eigenvalue weighted by Crippen LogP contribution is -2.36. The zero-order valence-electron chi connectivity index (χ0n) is 10.3. The SMILES string of the molecule is CC(=O)Nc1cccc(NC(=O)C(=O)NCCCl)c1. The van der Waals surface area contributed by atoms with Gasteiger partial charge in [-0.25, -0.2) is 0 Å². The first-order valence-corrected chi connectivity index (χ1v) is 6.09. The molecule has 1 rings (SSSR count). The standard InChI is InChI=1S/C12H14ClN3O3/c1-8(17)15-9-3-2-4-10(7-9)16-12(19)11(18)14-6-5-13/h2-4,7H,5-6H2,1H3,(H,14,18)(H,15,17)(H,16,19).